The molecule has 0 aliphatic heterocycles. The van der Waals surface area contributed by atoms with E-state index in [2.05, 4.69) is 19.9 Å². The zero-order chi connectivity index (χ0) is 15.4. The van der Waals surface area contributed by atoms with Crippen molar-refractivity contribution in [2.24, 2.45) is 0 Å². The predicted molar refractivity (Wildman–Crippen MR) is 78.5 cm³/mol. The first-order chi connectivity index (χ1) is 10.0. The lowest BCUT2D eigenvalue weighted by molar-refractivity contribution is -0.127. The summed E-state index contributed by atoms with van der Waals surface area (Å²) >= 11 is 5.95. The summed E-state index contributed by atoms with van der Waals surface area (Å²) in [7, 11) is 3.40. The molecule has 21 heavy (non-hydrogen) atoms. The first kappa shape index (κ1) is 15.2. The zero-order valence-electron chi connectivity index (χ0n) is 12.1. The number of halogens is 1. The molecule has 0 radical (unpaired) electrons. The van der Waals surface area contributed by atoms with Crippen molar-refractivity contribution in [3.63, 3.8) is 0 Å². The number of amides is 1. The number of rotatable bonds is 5. The van der Waals surface area contributed by atoms with Crippen LogP contribution in [0.1, 0.15) is 6.92 Å². The largest absolute Gasteiger partial charge is 0.347 e. The van der Waals surface area contributed by atoms with Gasteiger partial charge in [0.15, 0.2) is 0 Å². The summed E-state index contributed by atoms with van der Waals surface area (Å²) in [6.07, 6.45) is 4.89. The summed E-state index contributed by atoms with van der Waals surface area (Å²) < 4.78 is 1.62. The number of hydrogen-bond donors (Lipinski definition) is 0. The summed E-state index contributed by atoms with van der Waals surface area (Å²) in [6.45, 7) is 2.66. The van der Waals surface area contributed by atoms with E-state index in [1.54, 1.807) is 42.3 Å². The summed E-state index contributed by atoms with van der Waals surface area (Å²) in [6, 6.07) is 0. The molecule has 2 rings (SSSR count). The van der Waals surface area contributed by atoms with Gasteiger partial charge in [-0.3, -0.25) is 9.36 Å². The molecule has 0 bridgehead atoms. The Balaban J connectivity index is 2.31. The van der Waals surface area contributed by atoms with Crippen molar-refractivity contribution >= 4 is 23.5 Å². The highest BCUT2D eigenvalue weighted by atomic mass is 35.5. The molecule has 8 nitrogen and oxygen atoms in total. The highest BCUT2D eigenvalue weighted by molar-refractivity contribution is 6.28. The van der Waals surface area contributed by atoms with E-state index in [4.69, 9.17) is 11.6 Å². The van der Waals surface area contributed by atoms with E-state index in [0.29, 0.717) is 18.4 Å². The van der Waals surface area contributed by atoms with Crippen LogP contribution < -0.4 is 4.90 Å². The van der Waals surface area contributed by atoms with Crippen molar-refractivity contribution in [3.8, 4) is 5.95 Å². The standard InChI is InChI=1S/C12H16ClN7O/c1-4-19(7-9(21)18(2)3)11-15-10(13)16-12(17-11)20-6-5-14-8-20/h5-6,8H,4,7H2,1-3H3. The van der Waals surface area contributed by atoms with Gasteiger partial charge in [0.25, 0.3) is 0 Å². The molecule has 2 heterocycles. The normalized spacial score (nSPS) is 10.5. The maximum atomic E-state index is 11.8. The number of carbonyl (C=O) groups excluding carboxylic acids is 1. The lowest BCUT2D eigenvalue weighted by atomic mass is 10.4. The van der Waals surface area contributed by atoms with Crippen molar-refractivity contribution < 1.29 is 4.79 Å². The van der Waals surface area contributed by atoms with Crippen molar-refractivity contribution in [2.75, 3.05) is 32.1 Å². The van der Waals surface area contributed by atoms with Crippen LogP contribution in [-0.4, -0.2) is 62.5 Å². The number of imidazole rings is 1. The summed E-state index contributed by atoms with van der Waals surface area (Å²) in [5.41, 5.74) is 0. The maximum absolute atomic E-state index is 11.8. The van der Waals surface area contributed by atoms with Crippen LogP contribution in [0.15, 0.2) is 18.7 Å². The van der Waals surface area contributed by atoms with Crippen molar-refractivity contribution in [1.82, 2.24) is 29.4 Å². The Kier molecular flexibility index (Phi) is 4.69. The van der Waals surface area contributed by atoms with Crippen LogP contribution in [0.5, 0.6) is 0 Å². The Bertz CT molecular complexity index is 614. The number of aromatic nitrogens is 5. The third-order valence-corrected chi connectivity index (χ3v) is 2.98. The molecular formula is C12H16ClN7O. The molecular weight excluding hydrogens is 294 g/mol. The minimum atomic E-state index is -0.0439. The second kappa shape index (κ2) is 6.49. The lowest BCUT2D eigenvalue weighted by Crippen LogP contribution is -2.37. The monoisotopic (exact) mass is 309 g/mol. The average molecular weight is 310 g/mol. The zero-order valence-corrected chi connectivity index (χ0v) is 12.8. The number of carbonyl (C=O) groups is 1. The third kappa shape index (κ3) is 3.66. The molecule has 0 spiro atoms. The van der Waals surface area contributed by atoms with E-state index < -0.39 is 0 Å². The summed E-state index contributed by atoms with van der Waals surface area (Å²) in [5, 5.41) is 0.0689. The van der Waals surface area contributed by atoms with Gasteiger partial charge in [-0.15, -0.1) is 0 Å². The molecule has 0 atom stereocenters. The molecule has 112 valence electrons. The Morgan fingerprint density at radius 3 is 2.67 bits per heavy atom. The Morgan fingerprint density at radius 2 is 2.10 bits per heavy atom. The molecule has 0 aliphatic carbocycles. The first-order valence-electron chi connectivity index (χ1n) is 6.36. The van der Waals surface area contributed by atoms with Gasteiger partial charge in [-0.1, -0.05) is 0 Å². The average Bonchev–Trinajstić information content (AvgIpc) is 2.97. The van der Waals surface area contributed by atoms with Gasteiger partial charge in [0.2, 0.25) is 23.1 Å². The molecule has 2 aromatic heterocycles. The van der Waals surface area contributed by atoms with Gasteiger partial charge in [-0.05, 0) is 18.5 Å². The second-order valence-electron chi connectivity index (χ2n) is 4.48. The fourth-order valence-electron chi connectivity index (χ4n) is 1.59. The predicted octanol–water partition coefficient (Wildman–Crippen LogP) is 0.625. The smallest absolute Gasteiger partial charge is 0.241 e. The topological polar surface area (TPSA) is 80.0 Å². The van der Waals surface area contributed by atoms with Gasteiger partial charge < -0.3 is 9.80 Å². The number of hydrogen-bond acceptors (Lipinski definition) is 6. The van der Waals surface area contributed by atoms with Gasteiger partial charge in [-0.2, -0.15) is 15.0 Å². The van der Waals surface area contributed by atoms with Gasteiger partial charge in [0, 0.05) is 33.0 Å². The molecule has 2 aromatic rings. The van der Waals surface area contributed by atoms with Gasteiger partial charge in [-0.25, -0.2) is 4.98 Å². The fraction of sp³-hybridized carbons (Fsp3) is 0.417. The second-order valence-corrected chi connectivity index (χ2v) is 4.81. The minimum Gasteiger partial charge on any atom is -0.347 e. The summed E-state index contributed by atoms with van der Waals surface area (Å²) in [4.78, 5) is 31.5. The van der Waals surface area contributed by atoms with Crippen LogP contribution in [0.25, 0.3) is 5.95 Å². The molecule has 0 aromatic carbocycles. The first-order valence-corrected chi connectivity index (χ1v) is 6.74. The van der Waals surface area contributed by atoms with Crippen molar-refractivity contribution in [2.45, 2.75) is 6.92 Å². The van der Waals surface area contributed by atoms with Gasteiger partial charge in [0.05, 0.1) is 6.54 Å². The number of likely N-dealkylation sites (N-methyl/N-ethyl adjacent to an activating group) is 2. The van der Waals surface area contributed by atoms with E-state index in [1.807, 2.05) is 6.92 Å². The number of nitrogens with zero attached hydrogens (tertiary/aromatic N) is 7. The molecule has 0 N–H and O–H groups in total. The van der Waals surface area contributed by atoms with Crippen LogP contribution in [0.3, 0.4) is 0 Å². The van der Waals surface area contributed by atoms with E-state index in [1.165, 1.54) is 4.90 Å². The molecule has 9 heteroatoms. The SMILES string of the molecule is CCN(CC(=O)N(C)C)c1nc(Cl)nc(-n2ccnc2)n1. The van der Waals surface area contributed by atoms with E-state index in [0.717, 1.165) is 0 Å². The van der Waals surface area contributed by atoms with Gasteiger partial charge in [0.1, 0.15) is 6.33 Å². The van der Waals surface area contributed by atoms with Crippen molar-refractivity contribution in [1.29, 1.82) is 0 Å². The fourth-order valence-corrected chi connectivity index (χ4v) is 1.74. The Hall–Kier alpha value is -2.22. The minimum absolute atomic E-state index is 0.0439. The van der Waals surface area contributed by atoms with Gasteiger partial charge >= 0.3 is 0 Å². The number of anilines is 1. The highest BCUT2D eigenvalue weighted by Crippen LogP contribution is 2.13. The molecule has 0 aliphatic rings. The third-order valence-electron chi connectivity index (χ3n) is 2.81. The Labute approximate surface area is 127 Å². The van der Waals surface area contributed by atoms with Crippen LogP contribution in [0.4, 0.5) is 5.95 Å². The van der Waals surface area contributed by atoms with E-state index >= 15 is 0 Å². The highest BCUT2D eigenvalue weighted by Gasteiger charge is 2.16. The molecule has 0 saturated heterocycles. The Morgan fingerprint density at radius 1 is 1.33 bits per heavy atom. The van der Waals surface area contributed by atoms with Crippen molar-refractivity contribution in [3.05, 3.63) is 24.0 Å². The van der Waals surface area contributed by atoms with Crippen LogP contribution in [0, 0.1) is 0 Å². The van der Waals surface area contributed by atoms with Crippen LogP contribution in [0.2, 0.25) is 5.28 Å². The van der Waals surface area contributed by atoms with E-state index in [-0.39, 0.29) is 17.7 Å². The van der Waals surface area contributed by atoms with Crippen LogP contribution >= 0.6 is 11.6 Å². The molecule has 0 fully saturated rings. The lowest BCUT2D eigenvalue weighted by Gasteiger charge is -2.22. The molecule has 0 unspecified atom stereocenters. The van der Waals surface area contributed by atoms with E-state index in [9.17, 15) is 4.79 Å². The van der Waals surface area contributed by atoms with Crippen LogP contribution in [-0.2, 0) is 4.79 Å². The quantitative estimate of drug-likeness (QED) is 0.806. The molecule has 1 amide bonds. The summed E-state index contributed by atoms with van der Waals surface area (Å²) in [5.74, 6) is 0.673. The molecule has 0 saturated carbocycles. The maximum Gasteiger partial charge on any atom is 0.241 e.